The van der Waals surface area contributed by atoms with Crippen LogP contribution in [-0.4, -0.2) is 21.0 Å². The molecule has 1 aromatic heterocycles. The van der Waals surface area contributed by atoms with E-state index in [1.807, 2.05) is 30.5 Å². The molecule has 0 aliphatic heterocycles. The second kappa shape index (κ2) is 6.29. The van der Waals surface area contributed by atoms with E-state index in [0.717, 1.165) is 10.2 Å². The molecule has 20 heavy (non-hydrogen) atoms. The Morgan fingerprint density at radius 3 is 2.75 bits per heavy atom. The minimum absolute atomic E-state index is 0.0467. The molecular formula is C14H16N4OS. The Morgan fingerprint density at radius 2 is 2.15 bits per heavy atom. The quantitative estimate of drug-likeness (QED) is 0.662. The second-order valence-electron chi connectivity index (χ2n) is 4.11. The number of rotatable bonds is 4. The van der Waals surface area contributed by atoms with Crippen molar-refractivity contribution in [1.29, 1.82) is 0 Å². The molecule has 0 amide bonds. The van der Waals surface area contributed by atoms with Crippen LogP contribution >= 0.6 is 11.8 Å². The third kappa shape index (κ3) is 3.03. The van der Waals surface area contributed by atoms with Gasteiger partial charge in [-0.3, -0.25) is 0 Å². The summed E-state index contributed by atoms with van der Waals surface area (Å²) in [6.45, 7) is 3.47. The topological polar surface area (TPSA) is 76.4 Å². The van der Waals surface area contributed by atoms with Gasteiger partial charge in [0, 0.05) is 29.3 Å². The zero-order valence-electron chi connectivity index (χ0n) is 11.2. The predicted molar refractivity (Wildman–Crippen MR) is 80.8 cm³/mol. The fourth-order valence-corrected chi connectivity index (χ4v) is 2.18. The van der Waals surface area contributed by atoms with E-state index in [-0.39, 0.29) is 11.5 Å². The number of nitrogens with zero attached hydrogens (tertiary/aromatic N) is 3. The van der Waals surface area contributed by atoms with E-state index >= 15 is 0 Å². The molecule has 1 heterocycles. The molecule has 0 aliphatic carbocycles. The highest BCUT2D eigenvalue weighted by atomic mass is 32.2. The van der Waals surface area contributed by atoms with Crippen molar-refractivity contribution in [3.05, 3.63) is 60.0 Å². The Hall–Kier alpha value is -2.21. The van der Waals surface area contributed by atoms with Gasteiger partial charge < -0.3 is 10.9 Å². The molecule has 0 radical (unpaired) electrons. The van der Waals surface area contributed by atoms with Gasteiger partial charge in [-0.1, -0.05) is 18.7 Å². The molecule has 0 atom stereocenters. The summed E-state index contributed by atoms with van der Waals surface area (Å²) in [7, 11) is 0. The van der Waals surface area contributed by atoms with Crippen LogP contribution in [0.3, 0.4) is 0 Å². The number of aromatic hydroxyl groups is 1. The van der Waals surface area contributed by atoms with Crippen LogP contribution in [0.4, 0.5) is 0 Å². The maximum Gasteiger partial charge on any atom is 0.251 e. The third-order valence-electron chi connectivity index (χ3n) is 2.83. The number of thioether (sulfide) groups is 1. The molecule has 0 saturated heterocycles. The summed E-state index contributed by atoms with van der Waals surface area (Å²) >= 11 is 1.69. The SMILES string of the molecule is C=C/N=c1/ncc(Cc2ccc(SC)cc2)c(O)n1N. The van der Waals surface area contributed by atoms with Crippen molar-refractivity contribution in [3.63, 3.8) is 0 Å². The van der Waals surface area contributed by atoms with Crippen molar-refractivity contribution in [2.45, 2.75) is 11.3 Å². The largest absolute Gasteiger partial charge is 0.493 e. The lowest BCUT2D eigenvalue weighted by atomic mass is 10.1. The summed E-state index contributed by atoms with van der Waals surface area (Å²) in [4.78, 5) is 9.16. The highest BCUT2D eigenvalue weighted by Crippen LogP contribution is 2.19. The first kappa shape index (κ1) is 14.2. The third-order valence-corrected chi connectivity index (χ3v) is 3.57. The molecule has 0 fully saturated rings. The number of aromatic nitrogens is 2. The molecule has 2 aromatic rings. The van der Waals surface area contributed by atoms with Gasteiger partial charge in [-0.15, -0.1) is 11.8 Å². The van der Waals surface area contributed by atoms with Crippen molar-refractivity contribution in [3.8, 4) is 5.88 Å². The van der Waals surface area contributed by atoms with Crippen LogP contribution in [0.1, 0.15) is 11.1 Å². The fraction of sp³-hybridized carbons (Fsp3) is 0.143. The smallest absolute Gasteiger partial charge is 0.251 e. The maximum absolute atomic E-state index is 10.1. The van der Waals surface area contributed by atoms with Crippen LogP contribution in [-0.2, 0) is 6.42 Å². The average molecular weight is 288 g/mol. The van der Waals surface area contributed by atoms with Crippen molar-refractivity contribution < 1.29 is 5.11 Å². The van der Waals surface area contributed by atoms with Crippen LogP contribution in [0.5, 0.6) is 5.88 Å². The van der Waals surface area contributed by atoms with E-state index in [4.69, 9.17) is 5.84 Å². The number of nitrogens with two attached hydrogens (primary N) is 1. The van der Waals surface area contributed by atoms with Crippen molar-refractivity contribution in [2.75, 3.05) is 12.1 Å². The molecule has 3 N–H and O–H groups in total. The Kier molecular flexibility index (Phi) is 4.47. The minimum Gasteiger partial charge on any atom is -0.493 e. The highest BCUT2D eigenvalue weighted by Gasteiger charge is 2.07. The summed E-state index contributed by atoms with van der Waals surface area (Å²) in [6, 6.07) is 8.13. The lowest BCUT2D eigenvalue weighted by molar-refractivity contribution is 0.418. The molecular weight excluding hydrogens is 272 g/mol. The minimum atomic E-state index is -0.0467. The standard InChI is InChI=1S/C14H16N4OS/c1-3-16-14-17-9-11(13(19)18(14)15)8-10-4-6-12(20-2)7-5-10/h3-7,9,19H,1,8,15H2,2H3/b16-14-. The van der Waals surface area contributed by atoms with Gasteiger partial charge in [-0.25, -0.2) is 9.98 Å². The molecule has 104 valence electrons. The van der Waals surface area contributed by atoms with Crippen LogP contribution in [0.15, 0.2) is 53.1 Å². The van der Waals surface area contributed by atoms with Gasteiger partial charge in [-0.2, -0.15) is 4.68 Å². The molecule has 0 bridgehead atoms. The monoisotopic (exact) mass is 288 g/mol. The maximum atomic E-state index is 10.1. The normalized spacial score (nSPS) is 11.6. The van der Waals surface area contributed by atoms with Crippen LogP contribution in [0, 0.1) is 0 Å². The summed E-state index contributed by atoms with van der Waals surface area (Å²) in [6.07, 6.45) is 5.48. The molecule has 0 spiro atoms. The van der Waals surface area contributed by atoms with E-state index in [9.17, 15) is 5.11 Å². The van der Waals surface area contributed by atoms with Crippen molar-refractivity contribution in [2.24, 2.45) is 4.99 Å². The van der Waals surface area contributed by atoms with Crippen LogP contribution in [0.2, 0.25) is 0 Å². The fourth-order valence-electron chi connectivity index (χ4n) is 1.77. The molecule has 0 aliphatic rings. The predicted octanol–water partition coefficient (Wildman–Crippen LogP) is 1.66. The molecule has 6 heteroatoms. The Morgan fingerprint density at radius 1 is 1.45 bits per heavy atom. The van der Waals surface area contributed by atoms with Crippen LogP contribution < -0.4 is 11.5 Å². The highest BCUT2D eigenvalue weighted by molar-refractivity contribution is 7.98. The van der Waals surface area contributed by atoms with Gasteiger partial charge in [0.1, 0.15) is 0 Å². The number of hydrogen-bond acceptors (Lipinski definition) is 5. The summed E-state index contributed by atoms with van der Waals surface area (Å²) in [5.41, 5.74) is 1.93. The van der Waals surface area contributed by atoms with E-state index < -0.39 is 0 Å². The molecule has 0 saturated carbocycles. The van der Waals surface area contributed by atoms with E-state index in [1.54, 1.807) is 18.0 Å². The van der Waals surface area contributed by atoms with E-state index in [2.05, 4.69) is 16.6 Å². The first-order valence-corrected chi connectivity index (χ1v) is 7.21. The molecule has 1 aromatic carbocycles. The Bertz CT molecular complexity index is 677. The summed E-state index contributed by atoms with van der Waals surface area (Å²) < 4.78 is 1.05. The van der Waals surface area contributed by atoms with Gasteiger partial charge in [0.2, 0.25) is 5.88 Å². The Balaban J connectivity index is 2.31. The van der Waals surface area contributed by atoms with Gasteiger partial charge in [-0.05, 0) is 24.0 Å². The first-order valence-electron chi connectivity index (χ1n) is 5.98. The zero-order chi connectivity index (χ0) is 14.5. The molecule has 2 rings (SSSR count). The first-order chi connectivity index (χ1) is 9.65. The second-order valence-corrected chi connectivity index (χ2v) is 4.99. The lowest BCUT2D eigenvalue weighted by Crippen LogP contribution is -2.30. The van der Waals surface area contributed by atoms with Gasteiger partial charge >= 0.3 is 0 Å². The average Bonchev–Trinajstić information content (AvgIpc) is 2.48. The number of benzene rings is 1. The van der Waals surface area contributed by atoms with Crippen molar-refractivity contribution in [1.82, 2.24) is 9.66 Å². The lowest BCUT2D eigenvalue weighted by Gasteiger charge is -2.08. The zero-order valence-corrected chi connectivity index (χ0v) is 12.0. The molecule has 0 unspecified atom stereocenters. The van der Waals surface area contributed by atoms with E-state index in [0.29, 0.717) is 12.0 Å². The van der Waals surface area contributed by atoms with Gasteiger partial charge in [0.25, 0.3) is 5.62 Å². The summed E-state index contributed by atoms with van der Waals surface area (Å²) in [5.74, 6) is 5.68. The van der Waals surface area contributed by atoms with E-state index in [1.165, 1.54) is 11.1 Å². The Labute approximate surface area is 121 Å². The van der Waals surface area contributed by atoms with Gasteiger partial charge in [0.05, 0.1) is 0 Å². The number of hydrogen-bond donors (Lipinski definition) is 2. The van der Waals surface area contributed by atoms with Gasteiger partial charge in [0.15, 0.2) is 0 Å². The van der Waals surface area contributed by atoms with Crippen LogP contribution in [0.25, 0.3) is 0 Å². The molecule has 5 nitrogen and oxygen atoms in total. The summed E-state index contributed by atoms with van der Waals surface area (Å²) in [5, 5.41) is 10.1. The van der Waals surface area contributed by atoms with Crippen molar-refractivity contribution >= 4 is 11.8 Å². The number of nitrogen functional groups attached to an aromatic ring is 1.